The molecule has 33 heavy (non-hydrogen) atoms. The van der Waals surface area contributed by atoms with E-state index in [2.05, 4.69) is 55.2 Å². The molecule has 1 aliphatic carbocycles. The second-order valence-corrected chi connectivity index (χ2v) is 9.27. The Kier molecular flexibility index (Phi) is 7.48. The molecule has 0 unspecified atom stereocenters. The Bertz CT molecular complexity index is 1080. The van der Waals surface area contributed by atoms with Gasteiger partial charge in [-0.15, -0.1) is 0 Å². The molecule has 1 saturated carbocycles. The number of aryl methyl sites for hydroxylation is 1. The lowest BCUT2D eigenvalue weighted by Gasteiger charge is -2.28. The molecule has 1 aromatic heterocycles. The smallest absolute Gasteiger partial charge is 0.242 e. The van der Waals surface area contributed by atoms with E-state index in [1.165, 1.54) is 16.5 Å². The van der Waals surface area contributed by atoms with Gasteiger partial charge in [-0.2, -0.15) is 0 Å². The molecule has 5 heteroatoms. The summed E-state index contributed by atoms with van der Waals surface area (Å²) >= 11 is 0. The van der Waals surface area contributed by atoms with Gasteiger partial charge in [-0.3, -0.25) is 9.59 Å². The first-order valence-corrected chi connectivity index (χ1v) is 12.2. The molecule has 1 fully saturated rings. The predicted molar refractivity (Wildman–Crippen MR) is 133 cm³/mol. The van der Waals surface area contributed by atoms with Crippen molar-refractivity contribution in [2.45, 2.75) is 65.0 Å². The molecular weight excluding hydrogens is 410 g/mol. The van der Waals surface area contributed by atoms with E-state index in [-0.39, 0.29) is 24.4 Å². The average molecular weight is 446 g/mol. The molecule has 0 radical (unpaired) electrons. The maximum absolute atomic E-state index is 13.5. The number of benzene rings is 2. The molecule has 1 heterocycles. The number of nitrogens with zero attached hydrogens (tertiary/aromatic N) is 2. The van der Waals surface area contributed by atoms with Gasteiger partial charge in [0, 0.05) is 42.7 Å². The fourth-order valence-electron chi connectivity index (χ4n) is 4.32. The van der Waals surface area contributed by atoms with Gasteiger partial charge < -0.3 is 14.8 Å². The Morgan fingerprint density at radius 1 is 1.03 bits per heavy atom. The first-order valence-electron chi connectivity index (χ1n) is 12.2. The molecule has 2 aromatic carbocycles. The minimum absolute atomic E-state index is 0.0344. The molecule has 4 rings (SSSR count). The lowest BCUT2D eigenvalue weighted by Crippen LogP contribution is -2.44. The van der Waals surface area contributed by atoms with Gasteiger partial charge in [0.1, 0.15) is 6.54 Å². The van der Waals surface area contributed by atoms with Crippen molar-refractivity contribution in [2.75, 3.05) is 13.1 Å². The third-order valence-corrected chi connectivity index (χ3v) is 6.53. The zero-order valence-electron chi connectivity index (χ0n) is 19.8. The maximum Gasteiger partial charge on any atom is 0.242 e. The topological polar surface area (TPSA) is 56.4 Å². The first kappa shape index (κ1) is 23.1. The van der Waals surface area contributed by atoms with Crippen LogP contribution in [0, 0.1) is 6.92 Å². The number of carbonyl (C=O) groups is 2. The summed E-state index contributed by atoms with van der Waals surface area (Å²) < 4.78 is 0. The van der Waals surface area contributed by atoms with Gasteiger partial charge in [0.25, 0.3) is 0 Å². The van der Waals surface area contributed by atoms with Crippen LogP contribution in [-0.2, 0) is 22.6 Å². The summed E-state index contributed by atoms with van der Waals surface area (Å²) in [5, 5.41) is 1.20. The Balaban J connectivity index is 1.49. The molecule has 1 N–H and O–H groups in total. The van der Waals surface area contributed by atoms with Gasteiger partial charge in [0.15, 0.2) is 0 Å². The van der Waals surface area contributed by atoms with E-state index < -0.39 is 0 Å². The number of fused-ring (bicyclic) bond motifs is 1. The molecule has 0 atom stereocenters. The summed E-state index contributed by atoms with van der Waals surface area (Å²) in [6, 6.07) is 16.9. The SMILES string of the molecule is CCCCC(=O)N(CC(=O)N(CCc1c[nH]c2ccccc12)Cc1ccc(C)cc1)C1CC1. The Morgan fingerprint density at radius 3 is 2.52 bits per heavy atom. The van der Waals surface area contributed by atoms with Gasteiger partial charge in [-0.25, -0.2) is 0 Å². The van der Waals surface area contributed by atoms with Gasteiger partial charge in [0.05, 0.1) is 0 Å². The normalized spacial score (nSPS) is 13.3. The Morgan fingerprint density at radius 2 is 1.79 bits per heavy atom. The van der Waals surface area contributed by atoms with Crippen LogP contribution in [0.4, 0.5) is 0 Å². The standard InChI is InChI=1S/C28H35N3O2/c1-3-4-9-27(32)31(24-14-15-24)20-28(33)30(19-22-12-10-21(2)11-13-22)17-16-23-18-29-26-8-6-5-7-25(23)26/h5-8,10-13,18,24,29H,3-4,9,14-17,19-20H2,1-2H3. The van der Waals surface area contributed by atoms with Crippen molar-refractivity contribution in [1.29, 1.82) is 0 Å². The quantitative estimate of drug-likeness (QED) is 0.439. The van der Waals surface area contributed by atoms with Crippen LogP contribution in [0.3, 0.4) is 0 Å². The lowest BCUT2D eigenvalue weighted by molar-refractivity contribution is -0.141. The van der Waals surface area contributed by atoms with Crippen molar-refractivity contribution in [3.63, 3.8) is 0 Å². The van der Waals surface area contributed by atoms with Gasteiger partial charge in [0.2, 0.25) is 11.8 Å². The van der Waals surface area contributed by atoms with Crippen LogP contribution in [0.2, 0.25) is 0 Å². The van der Waals surface area contributed by atoms with Crippen molar-refractivity contribution >= 4 is 22.7 Å². The number of unbranched alkanes of at least 4 members (excludes halogenated alkanes) is 1. The number of nitrogens with one attached hydrogen (secondary N) is 1. The molecule has 0 aliphatic heterocycles. The van der Waals surface area contributed by atoms with E-state index in [0.29, 0.717) is 19.5 Å². The second kappa shape index (κ2) is 10.7. The van der Waals surface area contributed by atoms with Gasteiger partial charge >= 0.3 is 0 Å². The highest BCUT2D eigenvalue weighted by atomic mass is 16.2. The molecule has 0 saturated heterocycles. The van der Waals surface area contributed by atoms with E-state index in [1.807, 2.05) is 28.1 Å². The third-order valence-electron chi connectivity index (χ3n) is 6.53. The Hall–Kier alpha value is -3.08. The summed E-state index contributed by atoms with van der Waals surface area (Å²) in [6.07, 6.45) is 7.25. The third kappa shape index (κ3) is 6.04. The number of hydrogen-bond donors (Lipinski definition) is 1. The highest BCUT2D eigenvalue weighted by molar-refractivity contribution is 5.86. The van der Waals surface area contributed by atoms with E-state index in [9.17, 15) is 9.59 Å². The number of carbonyl (C=O) groups excluding carboxylic acids is 2. The molecule has 1 aliphatic rings. The lowest BCUT2D eigenvalue weighted by atomic mass is 10.1. The van der Waals surface area contributed by atoms with Crippen LogP contribution in [0.25, 0.3) is 10.9 Å². The van der Waals surface area contributed by atoms with Crippen molar-refractivity contribution in [3.05, 3.63) is 71.4 Å². The van der Waals surface area contributed by atoms with Crippen LogP contribution in [0.1, 0.15) is 55.7 Å². The highest BCUT2D eigenvalue weighted by Crippen LogP contribution is 2.28. The summed E-state index contributed by atoms with van der Waals surface area (Å²) in [5.74, 6) is 0.159. The predicted octanol–water partition coefficient (Wildman–Crippen LogP) is 5.23. The number of aromatic amines is 1. The first-order chi connectivity index (χ1) is 16.0. The molecule has 3 aromatic rings. The van der Waals surface area contributed by atoms with E-state index in [4.69, 9.17) is 0 Å². The fraction of sp³-hybridized carbons (Fsp3) is 0.429. The monoisotopic (exact) mass is 445 g/mol. The van der Waals surface area contributed by atoms with Gasteiger partial charge in [-0.1, -0.05) is 61.4 Å². The fourth-order valence-corrected chi connectivity index (χ4v) is 4.32. The van der Waals surface area contributed by atoms with Gasteiger partial charge in [-0.05, 0) is 49.8 Å². The minimum atomic E-state index is 0.0344. The molecule has 0 bridgehead atoms. The average Bonchev–Trinajstić information content (AvgIpc) is 3.59. The summed E-state index contributed by atoms with van der Waals surface area (Å²) in [6.45, 7) is 5.53. The number of H-pyrrole nitrogens is 1. The van der Waals surface area contributed by atoms with Crippen LogP contribution in [-0.4, -0.2) is 45.7 Å². The van der Waals surface area contributed by atoms with E-state index in [0.717, 1.165) is 43.2 Å². The largest absolute Gasteiger partial charge is 0.361 e. The van der Waals surface area contributed by atoms with E-state index >= 15 is 0 Å². The van der Waals surface area contributed by atoms with Crippen molar-refractivity contribution in [2.24, 2.45) is 0 Å². The van der Waals surface area contributed by atoms with Crippen molar-refractivity contribution in [3.8, 4) is 0 Å². The maximum atomic E-state index is 13.5. The summed E-state index contributed by atoms with van der Waals surface area (Å²) in [7, 11) is 0. The zero-order valence-corrected chi connectivity index (χ0v) is 19.8. The minimum Gasteiger partial charge on any atom is -0.361 e. The van der Waals surface area contributed by atoms with Crippen LogP contribution in [0.15, 0.2) is 54.7 Å². The van der Waals surface area contributed by atoms with Crippen LogP contribution < -0.4 is 0 Å². The molecule has 174 valence electrons. The number of rotatable bonds is 11. The summed E-state index contributed by atoms with van der Waals surface area (Å²) in [5.41, 5.74) is 4.65. The number of amides is 2. The molecule has 0 spiro atoms. The molecule has 5 nitrogen and oxygen atoms in total. The Labute approximate surface area is 196 Å². The van der Waals surface area contributed by atoms with E-state index in [1.54, 1.807) is 0 Å². The van der Waals surface area contributed by atoms with Crippen LogP contribution >= 0.6 is 0 Å². The highest BCUT2D eigenvalue weighted by Gasteiger charge is 2.34. The zero-order chi connectivity index (χ0) is 23.2. The summed E-state index contributed by atoms with van der Waals surface area (Å²) in [4.78, 5) is 33.4. The number of para-hydroxylation sites is 1. The molecule has 2 amide bonds. The second-order valence-electron chi connectivity index (χ2n) is 9.27. The van der Waals surface area contributed by atoms with Crippen molar-refractivity contribution in [1.82, 2.24) is 14.8 Å². The van der Waals surface area contributed by atoms with Crippen LogP contribution in [0.5, 0.6) is 0 Å². The van der Waals surface area contributed by atoms with Crippen molar-refractivity contribution < 1.29 is 9.59 Å². The number of hydrogen-bond acceptors (Lipinski definition) is 2. The number of aromatic nitrogens is 1. The molecular formula is C28H35N3O2.